The fourth-order valence-corrected chi connectivity index (χ4v) is 3.01. The highest BCUT2D eigenvalue weighted by molar-refractivity contribution is 5.68. The van der Waals surface area contributed by atoms with Crippen molar-refractivity contribution in [1.82, 2.24) is 14.9 Å². The summed E-state index contributed by atoms with van der Waals surface area (Å²) in [5, 5.41) is 8.66. The molecule has 0 aliphatic carbocycles. The number of hydrogen-bond donors (Lipinski definition) is 1. The number of nitrogens with zero attached hydrogens (tertiary/aromatic N) is 3. The summed E-state index contributed by atoms with van der Waals surface area (Å²) in [5.74, 6) is -0.411. The SMILES string of the molecule is O=C(O)COc1ccc(CN2CCOC[C@H]2CCc2cnccn2)cc1. The number of carboxylic acid groups (broad SMARTS) is 1. The zero-order chi connectivity index (χ0) is 18.2. The Morgan fingerprint density at radius 2 is 2.15 bits per heavy atom. The molecule has 3 rings (SSSR count). The van der Waals surface area contributed by atoms with Crippen molar-refractivity contribution in [3.63, 3.8) is 0 Å². The van der Waals surface area contributed by atoms with Gasteiger partial charge in [0.2, 0.25) is 0 Å². The van der Waals surface area contributed by atoms with Crippen LogP contribution in [0.4, 0.5) is 0 Å². The summed E-state index contributed by atoms with van der Waals surface area (Å²) in [4.78, 5) is 21.4. The Morgan fingerprint density at radius 1 is 1.31 bits per heavy atom. The molecule has 1 fully saturated rings. The molecular formula is C19H23N3O4. The van der Waals surface area contributed by atoms with Crippen molar-refractivity contribution in [2.45, 2.75) is 25.4 Å². The van der Waals surface area contributed by atoms with Gasteiger partial charge in [-0.25, -0.2) is 4.79 Å². The maximum Gasteiger partial charge on any atom is 0.341 e. The minimum absolute atomic E-state index is 0.326. The van der Waals surface area contributed by atoms with E-state index in [-0.39, 0.29) is 6.61 Å². The summed E-state index contributed by atoms with van der Waals surface area (Å²) in [6.07, 6.45) is 7.06. The Balaban J connectivity index is 1.55. The number of carboxylic acids is 1. The maximum absolute atomic E-state index is 10.6. The molecule has 1 N–H and O–H groups in total. The van der Waals surface area contributed by atoms with Crippen LogP contribution in [0.5, 0.6) is 5.75 Å². The molecule has 26 heavy (non-hydrogen) atoms. The highest BCUT2D eigenvalue weighted by Crippen LogP contribution is 2.18. The molecule has 1 atom stereocenters. The molecule has 1 aliphatic heterocycles. The van der Waals surface area contributed by atoms with Crippen LogP contribution in [0.25, 0.3) is 0 Å². The van der Waals surface area contributed by atoms with Crippen LogP contribution in [0.2, 0.25) is 0 Å². The minimum atomic E-state index is -0.978. The molecule has 1 aromatic heterocycles. The summed E-state index contributed by atoms with van der Waals surface area (Å²) in [6.45, 7) is 2.85. The largest absolute Gasteiger partial charge is 0.482 e. The molecule has 138 valence electrons. The minimum Gasteiger partial charge on any atom is -0.482 e. The molecule has 1 aromatic carbocycles. The van der Waals surface area contributed by atoms with Crippen LogP contribution >= 0.6 is 0 Å². The first-order valence-corrected chi connectivity index (χ1v) is 8.71. The number of rotatable bonds is 8. The van der Waals surface area contributed by atoms with Crippen LogP contribution in [-0.4, -0.2) is 58.4 Å². The second-order valence-corrected chi connectivity index (χ2v) is 6.26. The van der Waals surface area contributed by atoms with Gasteiger partial charge in [-0.05, 0) is 30.5 Å². The first-order chi connectivity index (χ1) is 12.7. The third-order valence-corrected chi connectivity index (χ3v) is 4.37. The van der Waals surface area contributed by atoms with Gasteiger partial charge in [-0.3, -0.25) is 14.9 Å². The molecule has 0 amide bonds. The Labute approximate surface area is 152 Å². The van der Waals surface area contributed by atoms with Crippen LogP contribution in [-0.2, 0) is 22.5 Å². The molecule has 2 heterocycles. The predicted octanol–water partition coefficient (Wildman–Crippen LogP) is 1.77. The number of benzene rings is 1. The summed E-state index contributed by atoms with van der Waals surface area (Å²) in [5.41, 5.74) is 2.16. The highest BCUT2D eigenvalue weighted by Gasteiger charge is 2.23. The number of ether oxygens (including phenoxy) is 2. The van der Waals surface area contributed by atoms with Crippen LogP contribution < -0.4 is 4.74 Å². The van der Waals surface area contributed by atoms with Crippen LogP contribution in [0.3, 0.4) is 0 Å². The van der Waals surface area contributed by atoms with Crippen molar-refractivity contribution in [3.8, 4) is 5.75 Å². The molecule has 0 radical (unpaired) electrons. The predicted molar refractivity (Wildman–Crippen MR) is 94.9 cm³/mol. The third kappa shape index (κ3) is 5.50. The molecule has 1 saturated heterocycles. The van der Waals surface area contributed by atoms with E-state index in [0.29, 0.717) is 11.8 Å². The number of carbonyl (C=O) groups is 1. The molecule has 2 aromatic rings. The van der Waals surface area contributed by atoms with E-state index >= 15 is 0 Å². The molecule has 0 bridgehead atoms. The lowest BCUT2D eigenvalue weighted by Gasteiger charge is -2.35. The van der Waals surface area contributed by atoms with Gasteiger partial charge in [0.25, 0.3) is 0 Å². The highest BCUT2D eigenvalue weighted by atomic mass is 16.5. The maximum atomic E-state index is 10.6. The first kappa shape index (κ1) is 18.3. The zero-order valence-corrected chi connectivity index (χ0v) is 14.6. The topological polar surface area (TPSA) is 84.8 Å². The van der Waals surface area contributed by atoms with Crippen molar-refractivity contribution in [2.24, 2.45) is 0 Å². The fraction of sp³-hybridized carbons (Fsp3) is 0.421. The van der Waals surface area contributed by atoms with Gasteiger partial charge >= 0.3 is 5.97 Å². The smallest absolute Gasteiger partial charge is 0.341 e. The van der Waals surface area contributed by atoms with Gasteiger partial charge < -0.3 is 14.6 Å². The quantitative estimate of drug-likeness (QED) is 0.771. The normalized spacial score (nSPS) is 17.8. The summed E-state index contributed by atoms with van der Waals surface area (Å²) < 4.78 is 10.8. The van der Waals surface area contributed by atoms with Crippen LogP contribution in [0.15, 0.2) is 42.9 Å². The lowest BCUT2D eigenvalue weighted by atomic mass is 10.1. The summed E-state index contributed by atoms with van der Waals surface area (Å²) >= 11 is 0. The number of morpholine rings is 1. The van der Waals surface area contributed by atoms with Gasteiger partial charge in [0.05, 0.1) is 18.9 Å². The number of aromatic nitrogens is 2. The summed E-state index contributed by atoms with van der Waals surface area (Å²) in [6, 6.07) is 7.92. The Bertz CT molecular complexity index is 694. The lowest BCUT2D eigenvalue weighted by molar-refractivity contribution is -0.139. The van der Waals surface area contributed by atoms with Crippen molar-refractivity contribution >= 4 is 5.97 Å². The van der Waals surface area contributed by atoms with Gasteiger partial charge in [0.15, 0.2) is 6.61 Å². The second kappa shape index (κ2) is 9.26. The zero-order valence-electron chi connectivity index (χ0n) is 14.6. The average molecular weight is 357 g/mol. The first-order valence-electron chi connectivity index (χ1n) is 8.71. The Morgan fingerprint density at radius 3 is 2.88 bits per heavy atom. The monoisotopic (exact) mass is 357 g/mol. The van der Waals surface area contributed by atoms with E-state index in [2.05, 4.69) is 14.9 Å². The van der Waals surface area contributed by atoms with E-state index in [0.717, 1.165) is 44.8 Å². The molecular weight excluding hydrogens is 334 g/mol. The van der Waals surface area contributed by atoms with Crippen molar-refractivity contribution in [3.05, 3.63) is 54.1 Å². The van der Waals surface area contributed by atoms with E-state index in [1.165, 1.54) is 5.56 Å². The molecule has 0 spiro atoms. The molecule has 7 nitrogen and oxygen atoms in total. The van der Waals surface area contributed by atoms with Gasteiger partial charge in [-0.2, -0.15) is 0 Å². The molecule has 0 unspecified atom stereocenters. The fourth-order valence-electron chi connectivity index (χ4n) is 3.01. The molecule has 1 aliphatic rings. The van der Waals surface area contributed by atoms with E-state index < -0.39 is 5.97 Å². The lowest BCUT2D eigenvalue weighted by Crippen LogP contribution is -2.45. The van der Waals surface area contributed by atoms with Crippen molar-refractivity contribution in [1.29, 1.82) is 0 Å². The van der Waals surface area contributed by atoms with E-state index in [1.54, 1.807) is 12.4 Å². The van der Waals surface area contributed by atoms with Crippen LogP contribution in [0, 0.1) is 0 Å². The van der Waals surface area contributed by atoms with Crippen LogP contribution in [0.1, 0.15) is 17.7 Å². The van der Waals surface area contributed by atoms with Crippen molar-refractivity contribution in [2.75, 3.05) is 26.4 Å². The van der Waals surface area contributed by atoms with E-state index in [9.17, 15) is 4.79 Å². The van der Waals surface area contributed by atoms with E-state index in [4.69, 9.17) is 14.6 Å². The van der Waals surface area contributed by atoms with Gasteiger partial charge in [-0.1, -0.05) is 12.1 Å². The Hall–Kier alpha value is -2.51. The number of hydrogen-bond acceptors (Lipinski definition) is 6. The average Bonchev–Trinajstić information content (AvgIpc) is 2.67. The molecule has 0 saturated carbocycles. The summed E-state index contributed by atoms with van der Waals surface area (Å²) in [7, 11) is 0. The van der Waals surface area contributed by atoms with E-state index in [1.807, 2.05) is 30.5 Å². The second-order valence-electron chi connectivity index (χ2n) is 6.26. The van der Waals surface area contributed by atoms with Gasteiger partial charge in [0.1, 0.15) is 5.75 Å². The number of aryl methyl sites for hydroxylation is 1. The van der Waals surface area contributed by atoms with Gasteiger partial charge in [-0.15, -0.1) is 0 Å². The van der Waals surface area contributed by atoms with Crippen molar-refractivity contribution < 1.29 is 19.4 Å². The third-order valence-electron chi connectivity index (χ3n) is 4.37. The molecule has 7 heteroatoms. The van der Waals surface area contributed by atoms with Gasteiger partial charge in [0, 0.05) is 37.7 Å². The Kier molecular flexibility index (Phi) is 6.51. The number of aliphatic carboxylic acids is 1. The standard InChI is InChI=1S/C19H23N3O4/c23-19(24)14-26-18-5-1-15(2-6-18)12-22-9-10-25-13-17(22)4-3-16-11-20-7-8-21-16/h1-2,5-8,11,17H,3-4,9-10,12-14H2,(H,23,24)/t17-/m1/s1.